The van der Waals surface area contributed by atoms with Crippen LogP contribution >= 0.6 is 12.4 Å². The second-order valence-corrected chi connectivity index (χ2v) is 6.31. The van der Waals surface area contributed by atoms with Gasteiger partial charge >= 0.3 is 12.1 Å². The Labute approximate surface area is 166 Å². The molecular weight excluding hydrogens is 403 g/mol. The largest absolute Gasteiger partial charge is 0.480 e. The number of ether oxygens (including phenoxy) is 1. The maximum atomic E-state index is 13.1. The van der Waals surface area contributed by atoms with E-state index in [4.69, 9.17) is 9.84 Å². The summed E-state index contributed by atoms with van der Waals surface area (Å²) < 4.78 is 44.4. The van der Waals surface area contributed by atoms with Crippen LogP contribution < -0.4 is 10.2 Å². The average molecular weight is 426 g/mol. The Kier molecular flexibility index (Phi) is 8.52. The number of carbonyl (C=O) groups excluding carboxylic acids is 1. The van der Waals surface area contributed by atoms with Crippen LogP contribution in [0.5, 0.6) is 0 Å². The van der Waals surface area contributed by atoms with Crippen LogP contribution in [0.1, 0.15) is 12.5 Å². The molecule has 1 fully saturated rings. The summed E-state index contributed by atoms with van der Waals surface area (Å²) in [5.74, 6) is -1.70. The molecule has 1 saturated heterocycles. The van der Waals surface area contributed by atoms with Crippen LogP contribution in [0, 0.1) is 0 Å². The normalized spacial score (nSPS) is 15.7. The molecule has 1 atom stereocenters. The summed E-state index contributed by atoms with van der Waals surface area (Å²) in [4.78, 5) is 26.4. The van der Waals surface area contributed by atoms with E-state index in [0.29, 0.717) is 32.0 Å². The number of morpholine rings is 1. The molecule has 0 bridgehead atoms. The first-order valence-electron chi connectivity index (χ1n) is 8.36. The van der Waals surface area contributed by atoms with Gasteiger partial charge in [0.15, 0.2) is 0 Å². The van der Waals surface area contributed by atoms with E-state index in [2.05, 4.69) is 5.32 Å². The molecule has 0 radical (unpaired) electrons. The maximum absolute atomic E-state index is 13.1. The average Bonchev–Trinajstić information content (AvgIpc) is 2.60. The van der Waals surface area contributed by atoms with Crippen LogP contribution in [-0.4, -0.2) is 67.8 Å². The van der Waals surface area contributed by atoms with Gasteiger partial charge in [-0.05, 0) is 32.2 Å². The van der Waals surface area contributed by atoms with Crippen LogP contribution in [0.15, 0.2) is 18.2 Å². The highest BCUT2D eigenvalue weighted by atomic mass is 35.5. The molecule has 2 rings (SSSR count). The Morgan fingerprint density at radius 1 is 1.32 bits per heavy atom. The van der Waals surface area contributed by atoms with Crippen molar-refractivity contribution < 1.29 is 32.6 Å². The second kappa shape index (κ2) is 9.94. The van der Waals surface area contributed by atoms with Gasteiger partial charge in [-0.2, -0.15) is 13.2 Å². The van der Waals surface area contributed by atoms with Crippen molar-refractivity contribution in [1.29, 1.82) is 0 Å². The number of carboxylic acid groups (broad SMARTS) is 1. The van der Waals surface area contributed by atoms with Crippen LogP contribution in [0.3, 0.4) is 0 Å². The number of hydrogen-bond donors (Lipinski definition) is 2. The van der Waals surface area contributed by atoms with Gasteiger partial charge in [-0.25, -0.2) is 0 Å². The molecule has 7 nitrogen and oxygen atoms in total. The molecule has 1 unspecified atom stereocenters. The second-order valence-electron chi connectivity index (χ2n) is 6.31. The van der Waals surface area contributed by atoms with Crippen molar-refractivity contribution in [3.05, 3.63) is 23.8 Å². The van der Waals surface area contributed by atoms with Crippen molar-refractivity contribution in [3.8, 4) is 0 Å². The van der Waals surface area contributed by atoms with Gasteiger partial charge in [-0.3, -0.25) is 14.5 Å². The van der Waals surface area contributed by atoms with Crippen LogP contribution in [-0.2, 0) is 20.5 Å². The minimum absolute atomic E-state index is 0. The predicted molar refractivity (Wildman–Crippen MR) is 100 cm³/mol. The van der Waals surface area contributed by atoms with Gasteiger partial charge in [0.1, 0.15) is 6.04 Å². The molecule has 0 aliphatic carbocycles. The number of nitrogens with one attached hydrogen (secondary N) is 1. The number of carbonyl (C=O) groups is 2. The standard InChI is InChI=1S/C17H22F3N3O4.ClH/c1-11(16(25)26)22(2)10-15(24)21-13-9-12(17(18,19)20)3-4-14(13)23-5-7-27-8-6-23;/h3-4,9,11H,5-8,10H2,1-2H3,(H,21,24)(H,25,26);1H. The van der Waals surface area contributed by atoms with E-state index >= 15 is 0 Å². The third-order valence-electron chi connectivity index (χ3n) is 4.36. The minimum Gasteiger partial charge on any atom is -0.480 e. The lowest BCUT2D eigenvalue weighted by atomic mass is 10.1. The summed E-state index contributed by atoms with van der Waals surface area (Å²) in [5.41, 5.74) is -0.372. The third kappa shape index (κ3) is 6.25. The third-order valence-corrected chi connectivity index (χ3v) is 4.36. The van der Waals surface area contributed by atoms with Gasteiger partial charge < -0.3 is 20.1 Å². The molecule has 28 heavy (non-hydrogen) atoms. The Morgan fingerprint density at radius 2 is 1.93 bits per heavy atom. The van der Waals surface area contributed by atoms with Gasteiger partial charge in [0.25, 0.3) is 0 Å². The fourth-order valence-corrected chi connectivity index (χ4v) is 2.63. The number of hydrogen-bond acceptors (Lipinski definition) is 5. The molecule has 1 amide bonds. The summed E-state index contributed by atoms with van der Waals surface area (Å²) in [5, 5.41) is 11.5. The molecular formula is C17H23ClF3N3O4. The Balaban J connectivity index is 0.00000392. The van der Waals surface area contributed by atoms with Crippen molar-refractivity contribution in [2.45, 2.75) is 19.1 Å². The lowest BCUT2D eigenvalue weighted by Crippen LogP contribution is -2.41. The van der Waals surface area contributed by atoms with Gasteiger partial charge in [-0.1, -0.05) is 0 Å². The molecule has 2 N–H and O–H groups in total. The summed E-state index contributed by atoms with van der Waals surface area (Å²) in [7, 11) is 1.45. The first-order valence-corrected chi connectivity index (χ1v) is 8.36. The molecule has 0 aromatic heterocycles. The number of likely N-dealkylation sites (N-methyl/N-ethyl adjacent to an activating group) is 1. The fraction of sp³-hybridized carbons (Fsp3) is 0.529. The van der Waals surface area contributed by atoms with Crippen LogP contribution in [0.4, 0.5) is 24.5 Å². The van der Waals surface area contributed by atoms with Crippen molar-refractivity contribution in [3.63, 3.8) is 0 Å². The first-order chi connectivity index (χ1) is 12.6. The van der Waals surface area contributed by atoms with Gasteiger partial charge in [-0.15, -0.1) is 12.4 Å². The van der Waals surface area contributed by atoms with E-state index in [-0.39, 0.29) is 24.6 Å². The molecule has 11 heteroatoms. The van der Waals surface area contributed by atoms with Gasteiger partial charge in [0.2, 0.25) is 5.91 Å². The topological polar surface area (TPSA) is 82.1 Å². The Bertz CT molecular complexity index is 697. The maximum Gasteiger partial charge on any atom is 0.416 e. The van der Waals surface area contributed by atoms with Gasteiger partial charge in [0.05, 0.1) is 36.7 Å². The van der Waals surface area contributed by atoms with E-state index in [1.54, 1.807) is 0 Å². The van der Waals surface area contributed by atoms with E-state index < -0.39 is 29.7 Å². The van der Waals surface area contributed by atoms with Crippen molar-refractivity contribution in [1.82, 2.24) is 4.90 Å². The highest BCUT2D eigenvalue weighted by Gasteiger charge is 2.32. The minimum atomic E-state index is -4.54. The number of benzene rings is 1. The number of alkyl halides is 3. The Hall–Kier alpha value is -2.04. The summed E-state index contributed by atoms with van der Waals surface area (Å²) in [6, 6.07) is 2.28. The molecule has 0 saturated carbocycles. The van der Waals surface area contributed by atoms with Crippen molar-refractivity contribution in [2.24, 2.45) is 0 Å². The number of halogens is 4. The lowest BCUT2D eigenvalue weighted by molar-refractivity contribution is -0.142. The van der Waals surface area contributed by atoms with E-state index in [1.807, 2.05) is 4.90 Å². The summed E-state index contributed by atoms with van der Waals surface area (Å²) >= 11 is 0. The molecule has 1 aliphatic heterocycles. The number of aliphatic carboxylic acids is 1. The smallest absolute Gasteiger partial charge is 0.416 e. The molecule has 1 aliphatic rings. The van der Waals surface area contributed by atoms with Gasteiger partial charge in [0, 0.05) is 13.1 Å². The SMILES string of the molecule is CC(C(=O)O)N(C)CC(=O)Nc1cc(C(F)(F)F)ccc1N1CCOCC1.Cl. The quantitative estimate of drug-likeness (QED) is 0.728. The number of carboxylic acids is 1. The number of amides is 1. The molecule has 1 heterocycles. The highest BCUT2D eigenvalue weighted by Crippen LogP contribution is 2.35. The zero-order valence-electron chi connectivity index (χ0n) is 15.5. The predicted octanol–water partition coefficient (Wildman–Crippen LogP) is 2.31. The fourth-order valence-electron chi connectivity index (χ4n) is 2.63. The molecule has 1 aromatic carbocycles. The molecule has 1 aromatic rings. The van der Waals surface area contributed by atoms with Crippen LogP contribution in [0.25, 0.3) is 0 Å². The molecule has 158 valence electrons. The number of anilines is 2. The zero-order chi connectivity index (χ0) is 20.2. The highest BCUT2D eigenvalue weighted by molar-refractivity contribution is 5.96. The molecule has 0 spiro atoms. The van der Waals surface area contributed by atoms with E-state index in [9.17, 15) is 22.8 Å². The van der Waals surface area contributed by atoms with Crippen molar-refractivity contribution in [2.75, 3.05) is 50.1 Å². The van der Waals surface area contributed by atoms with Crippen molar-refractivity contribution >= 4 is 35.7 Å². The van der Waals surface area contributed by atoms with E-state index in [1.165, 1.54) is 24.9 Å². The summed E-state index contributed by atoms with van der Waals surface area (Å²) in [6.45, 7) is 3.00. The summed E-state index contributed by atoms with van der Waals surface area (Å²) in [6.07, 6.45) is -4.54. The first kappa shape index (κ1) is 24.0. The zero-order valence-corrected chi connectivity index (χ0v) is 16.3. The number of nitrogens with zero attached hydrogens (tertiary/aromatic N) is 2. The number of rotatable bonds is 6. The Morgan fingerprint density at radius 3 is 2.46 bits per heavy atom. The van der Waals surface area contributed by atoms with Crippen LogP contribution in [0.2, 0.25) is 0 Å². The lowest BCUT2D eigenvalue weighted by Gasteiger charge is -2.31. The van der Waals surface area contributed by atoms with E-state index in [0.717, 1.165) is 12.1 Å². The monoisotopic (exact) mass is 425 g/mol.